The van der Waals surface area contributed by atoms with E-state index in [0.717, 1.165) is 62.4 Å². The molecule has 0 saturated carbocycles. The summed E-state index contributed by atoms with van der Waals surface area (Å²) in [5.41, 5.74) is 9.54. The molecule has 0 spiro atoms. The summed E-state index contributed by atoms with van der Waals surface area (Å²) in [5, 5.41) is 3.62. The summed E-state index contributed by atoms with van der Waals surface area (Å²) in [7, 11) is 0. The van der Waals surface area contributed by atoms with Gasteiger partial charge in [-0.05, 0) is 47.7 Å². The van der Waals surface area contributed by atoms with Gasteiger partial charge in [0.25, 0.3) is 0 Å². The average Bonchev–Trinajstić information content (AvgIpc) is 3.85. The number of nitrogens with zero attached hydrogens (tertiary/aromatic N) is 5. The first-order valence-corrected chi connectivity index (χ1v) is 20.4. The summed E-state index contributed by atoms with van der Waals surface area (Å²) in [6.07, 6.45) is 8.59. The minimum atomic E-state index is 0.653. The Labute approximate surface area is 331 Å². The largest absolute Gasteiger partial charge is 0.227 e. The zero-order chi connectivity index (χ0) is 37.0. The van der Waals surface area contributed by atoms with Crippen molar-refractivity contribution >= 4 is 68.7 Å². The van der Waals surface area contributed by atoms with Crippen molar-refractivity contribution in [3.05, 3.63) is 170 Å². The standard InChI is InChI=1S/C49H31N5S2/c1-4-14-30(15-5-1)42-45-43(39-22-10-11-25-40(39)55-45)51-48(50-42)34-21-12-20-33(28-34)36-23-13-24-38-37-27-26-35(29-41(37)56-44(36)38)49-53-46(31-16-6-2-7-17-31)52-47(54-49)32-18-8-3-9-19-32/h1-4,6-14,16-29H,5,15H2. The highest BCUT2D eigenvalue weighted by Crippen LogP contribution is 2.43. The first-order valence-electron chi connectivity index (χ1n) is 18.7. The van der Waals surface area contributed by atoms with Gasteiger partial charge in [-0.15, -0.1) is 22.7 Å². The van der Waals surface area contributed by atoms with Crippen molar-refractivity contribution in [2.45, 2.75) is 12.8 Å². The molecule has 5 nitrogen and oxygen atoms in total. The topological polar surface area (TPSA) is 64.5 Å². The number of hydrogen-bond acceptors (Lipinski definition) is 7. The molecule has 0 amide bonds. The SMILES string of the molecule is C1=CCCC(c2nc(-c3cccc(-c4cccc5c4sc4cc(-c6nc(-c7ccccc7)nc(-c7ccccc7)n6)ccc45)c3)nc3c2sc2ccccc23)=C1. The summed E-state index contributed by atoms with van der Waals surface area (Å²) in [6.45, 7) is 0. The molecule has 10 aromatic rings. The first kappa shape index (κ1) is 32.7. The molecule has 0 unspecified atom stereocenters. The van der Waals surface area contributed by atoms with E-state index in [0.29, 0.717) is 17.5 Å². The van der Waals surface area contributed by atoms with Crippen molar-refractivity contribution in [2.75, 3.05) is 0 Å². The van der Waals surface area contributed by atoms with Crippen LogP contribution in [0.1, 0.15) is 18.5 Å². The van der Waals surface area contributed by atoms with Crippen LogP contribution in [0.3, 0.4) is 0 Å². The fraction of sp³-hybridized carbons (Fsp3) is 0.0408. The summed E-state index contributed by atoms with van der Waals surface area (Å²) in [5.74, 6) is 2.72. The molecule has 1 aliphatic carbocycles. The van der Waals surface area contributed by atoms with Crippen molar-refractivity contribution in [3.63, 3.8) is 0 Å². The van der Waals surface area contributed by atoms with E-state index in [1.165, 1.54) is 41.4 Å². The molecule has 1 aliphatic rings. The average molecular weight is 754 g/mol. The van der Waals surface area contributed by atoms with Gasteiger partial charge in [0.05, 0.1) is 15.9 Å². The Morgan fingerprint density at radius 3 is 1.82 bits per heavy atom. The van der Waals surface area contributed by atoms with E-state index >= 15 is 0 Å². The van der Waals surface area contributed by atoms with Crippen LogP contribution in [-0.2, 0) is 0 Å². The lowest BCUT2D eigenvalue weighted by atomic mass is 9.99. The fourth-order valence-corrected chi connectivity index (χ4v) is 10.1. The van der Waals surface area contributed by atoms with Gasteiger partial charge < -0.3 is 0 Å². The van der Waals surface area contributed by atoms with Gasteiger partial charge in [-0.3, -0.25) is 0 Å². The van der Waals surface area contributed by atoms with Gasteiger partial charge in [-0.2, -0.15) is 0 Å². The van der Waals surface area contributed by atoms with Gasteiger partial charge in [0.1, 0.15) is 0 Å². The summed E-state index contributed by atoms with van der Waals surface area (Å²) < 4.78 is 4.81. The number of benzene rings is 6. The zero-order valence-electron chi connectivity index (χ0n) is 30.1. The number of allylic oxidation sites excluding steroid dienone is 4. The van der Waals surface area contributed by atoms with Crippen LogP contribution < -0.4 is 0 Å². The van der Waals surface area contributed by atoms with Gasteiger partial charge in [0.2, 0.25) is 0 Å². The molecule has 11 rings (SSSR count). The molecule has 0 atom stereocenters. The number of hydrogen-bond donors (Lipinski definition) is 0. The van der Waals surface area contributed by atoms with Crippen LogP contribution in [0.25, 0.3) is 103 Å². The Bertz CT molecular complexity index is 3140. The summed E-state index contributed by atoms with van der Waals surface area (Å²) in [6, 6.07) is 50.7. The van der Waals surface area contributed by atoms with Gasteiger partial charge >= 0.3 is 0 Å². The monoisotopic (exact) mass is 753 g/mol. The highest BCUT2D eigenvalue weighted by molar-refractivity contribution is 7.26. The molecule has 7 heteroatoms. The van der Waals surface area contributed by atoms with E-state index in [-0.39, 0.29) is 0 Å². The quantitative estimate of drug-likeness (QED) is 0.169. The smallest absolute Gasteiger partial charge is 0.164 e. The maximum Gasteiger partial charge on any atom is 0.164 e. The van der Waals surface area contributed by atoms with E-state index in [4.69, 9.17) is 24.9 Å². The van der Waals surface area contributed by atoms with Crippen LogP contribution in [0, 0.1) is 0 Å². The van der Waals surface area contributed by atoms with Crippen LogP contribution in [0.5, 0.6) is 0 Å². The van der Waals surface area contributed by atoms with Crippen LogP contribution in [0.4, 0.5) is 0 Å². The lowest BCUT2D eigenvalue weighted by Crippen LogP contribution is -1.99. The third-order valence-electron chi connectivity index (χ3n) is 10.4. The number of fused-ring (bicyclic) bond motifs is 6. The lowest BCUT2D eigenvalue weighted by molar-refractivity contribution is 1.04. The van der Waals surface area contributed by atoms with Gasteiger partial charge in [0, 0.05) is 52.5 Å². The number of thiophene rings is 2. The van der Waals surface area contributed by atoms with Crippen molar-refractivity contribution in [1.29, 1.82) is 0 Å². The Morgan fingerprint density at radius 1 is 0.429 bits per heavy atom. The molecule has 4 heterocycles. The Hall–Kier alpha value is -6.67. The van der Waals surface area contributed by atoms with Crippen molar-refractivity contribution < 1.29 is 0 Å². The summed E-state index contributed by atoms with van der Waals surface area (Å²) >= 11 is 3.59. The molecule has 4 aromatic heterocycles. The Kier molecular flexibility index (Phi) is 7.93. The molecule has 0 radical (unpaired) electrons. The van der Waals surface area contributed by atoms with Gasteiger partial charge in [-0.1, -0.05) is 146 Å². The molecular weight excluding hydrogens is 723 g/mol. The number of aromatic nitrogens is 5. The molecule has 6 aromatic carbocycles. The predicted molar refractivity (Wildman–Crippen MR) is 235 cm³/mol. The van der Waals surface area contributed by atoms with Crippen molar-refractivity contribution in [2.24, 2.45) is 0 Å². The second kappa shape index (κ2) is 13.6. The minimum Gasteiger partial charge on any atom is -0.227 e. The highest BCUT2D eigenvalue weighted by Gasteiger charge is 2.20. The van der Waals surface area contributed by atoms with Crippen LogP contribution in [0.2, 0.25) is 0 Å². The molecule has 56 heavy (non-hydrogen) atoms. The third-order valence-corrected chi connectivity index (χ3v) is 12.8. The maximum absolute atomic E-state index is 5.29. The van der Waals surface area contributed by atoms with E-state index in [2.05, 4.69) is 103 Å². The number of rotatable bonds is 6. The Morgan fingerprint density at radius 2 is 1.05 bits per heavy atom. The molecule has 0 N–H and O–H groups in total. The van der Waals surface area contributed by atoms with Crippen LogP contribution in [0.15, 0.2) is 164 Å². The van der Waals surface area contributed by atoms with E-state index in [9.17, 15) is 0 Å². The fourth-order valence-electron chi connectivity index (χ4n) is 7.67. The van der Waals surface area contributed by atoms with Crippen LogP contribution >= 0.6 is 22.7 Å². The van der Waals surface area contributed by atoms with Gasteiger partial charge in [0.15, 0.2) is 23.3 Å². The first-order chi connectivity index (χ1) is 27.7. The van der Waals surface area contributed by atoms with Crippen molar-refractivity contribution in [1.82, 2.24) is 24.9 Å². The lowest BCUT2D eigenvalue weighted by Gasteiger charge is -2.12. The predicted octanol–water partition coefficient (Wildman–Crippen LogP) is 13.5. The molecule has 0 fully saturated rings. The van der Waals surface area contributed by atoms with E-state index < -0.39 is 0 Å². The zero-order valence-corrected chi connectivity index (χ0v) is 31.7. The summed E-state index contributed by atoms with van der Waals surface area (Å²) in [4.78, 5) is 25.4. The second-order valence-electron chi connectivity index (χ2n) is 13.9. The second-order valence-corrected chi connectivity index (χ2v) is 16.0. The Balaban J connectivity index is 1.02. The van der Waals surface area contributed by atoms with Crippen LogP contribution in [-0.4, -0.2) is 24.9 Å². The third kappa shape index (κ3) is 5.71. The van der Waals surface area contributed by atoms with Gasteiger partial charge in [-0.25, -0.2) is 24.9 Å². The molecule has 264 valence electrons. The molecule has 0 saturated heterocycles. The molecule has 0 aliphatic heterocycles. The maximum atomic E-state index is 5.29. The molecule has 0 bridgehead atoms. The normalized spacial score (nSPS) is 12.9. The minimum absolute atomic E-state index is 0.653. The van der Waals surface area contributed by atoms with Crippen molar-refractivity contribution in [3.8, 4) is 56.7 Å². The van der Waals surface area contributed by atoms with E-state index in [1.54, 1.807) is 22.7 Å². The van der Waals surface area contributed by atoms with E-state index in [1.807, 2.05) is 60.7 Å². The molecular formula is C49H31N5S2. The highest BCUT2D eigenvalue weighted by atomic mass is 32.1.